The Morgan fingerprint density at radius 2 is 1.45 bits per heavy atom. The van der Waals surface area contributed by atoms with Crippen LogP contribution in [-0.2, 0) is 17.1 Å². The molecule has 59 valence electrons. The average molecular weight is 181 g/mol. The summed E-state index contributed by atoms with van der Waals surface area (Å²) in [5, 5.41) is 0. The quantitative estimate of drug-likeness (QED) is 0.430. The van der Waals surface area contributed by atoms with Crippen LogP contribution in [0.1, 0.15) is 0 Å². The van der Waals surface area contributed by atoms with Gasteiger partial charge in [-0.25, -0.2) is 12.1 Å². The van der Waals surface area contributed by atoms with E-state index in [0.29, 0.717) is 0 Å². The summed E-state index contributed by atoms with van der Waals surface area (Å²) >= 11 is 0. The Morgan fingerprint density at radius 3 is 1.64 bits per heavy atom. The van der Waals surface area contributed by atoms with Gasteiger partial charge in [0.2, 0.25) is 0 Å². The van der Waals surface area contributed by atoms with E-state index in [-0.39, 0.29) is 17.1 Å². The van der Waals surface area contributed by atoms with Crippen LogP contribution in [0.25, 0.3) is 0 Å². The second-order valence-electron chi connectivity index (χ2n) is 1.65. The van der Waals surface area contributed by atoms with E-state index in [2.05, 4.69) is 24.3 Å². The minimum absolute atomic E-state index is 0. The van der Waals surface area contributed by atoms with Crippen LogP contribution in [0.4, 0.5) is 0 Å². The predicted molar refractivity (Wildman–Crippen MR) is 39.4 cm³/mol. The van der Waals surface area contributed by atoms with Gasteiger partial charge in [0.15, 0.2) is 0 Å². The topological polar surface area (TPSA) is 0 Å². The van der Waals surface area contributed by atoms with Crippen LogP contribution in [-0.4, -0.2) is 0 Å². The zero-order chi connectivity index (χ0) is 7.07. The summed E-state index contributed by atoms with van der Waals surface area (Å²) in [4.78, 5) is 0. The number of rotatable bonds is 0. The molecule has 1 radical (unpaired) electrons. The molecule has 0 unspecified atom stereocenters. The van der Waals surface area contributed by atoms with Crippen LogP contribution in [0, 0.1) is 24.3 Å². The maximum Gasteiger partial charge on any atom is 0 e. The Morgan fingerprint density at radius 1 is 0.909 bits per heavy atom. The second kappa shape index (κ2) is 7.33. The average Bonchev–Trinajstić information content (AvgIpc) is 2.67. The predicted octanol–water partition coefficient (Wildman–Crippen LogP) is 2.01. The minimum atomic E-state index is 0. The molecular weight excluding hydrogens is 175 g/mol. The van der Waals surface area contributed by atoms with Crippen LogP contribution in [0.2, 0.25) is 0 Å². The molecule has 0 aliphatic rings. The van der Waals surface area contributed by atoms with Gasteiger partial charge in [0.05, 0.1) is 0 Å². The third-order valence-corrected chi connectivity index (χ3v) is 0.907. The Balaban J connectivity index is 0.000000167. The van der Waals surface area contributed by atoms with E-state index in [1.165, 1.54) is 0 Å². The van der Waals surface area contributed by atoms with Crippen molar-refractivity contribution in [3.8, 4) is 0 Å². The van der Waals surface area contributed by atoms with Gasteiger partial charge in [0.25, 0.3) is 0 Å². The third kappa shape index (κ3) is 5.65. The first-order valence-corrected chi connectivity index (χ1v) is 2.99. The van der Waals surface area contributed by atoms with Crippen molar-refractivity contribution in [2.45, 2.75) is 0 Å². The summed E-state index contributed by atoms with van der Waals surface area (Å²) in [6, 6.07) is 22.0. The summed E-state index contributed by atoms with van der Waals surface area (Å²) in [5.74, 6) is 0. The van der Waals surface area contributed by atoms with Crippen molar-refractivity contribution >= 4 is 0 Å². The van der Waals surface area contributed by atoms with E-state index in [9.17, 15) is 0 Å². The Hall–Kier alpha value is -0.781. The summed E-state index contributed by atoms with van der Waals surface area (Å²) in [7, 11) is 0. The maximum atomic E-state index is 2.62. The first-order chi connectivity index (χ1) is 5.00. The molecule has 0 saturated heterocycles. The molecule has 0 N–H and O–H groups in total. The molecule has 2 aromatic rings. The molecule has 11 heavy (non-hydrogen) atoms. The molecule has 0 fully saturated rings. The van der Waals surface area contributed by atoms with Gasteiger partial charge >= 0.3 is 0 Å². The van der Waals surface area contributed by atoms with Crippen molar-refractivity contribution in [2.75, 3.05) is 0 Å². The maximum absolute atomic E-state index is 2.62. The van der Waals surface area contributed by atoms with E-state index < -0.39 is 0 Å². The first-order valence-electron chi connectivity index (χ1n) is 2.99. The first kappa shape index (κ1) is 10.2. The third-order valence-electron chi connectivity index (χ3n) is 0.907. The molecule has 0 spiro atoms. The number of hydrogen-bond acceptors (Lipinski definition) is 0. The minimum Gasteiger partial charge on any atom is -0.999 e. The molecule has 0 aliphatic heterocycles. The Kier molecular flexibility index (Phi) is 6.81. The molecule has 0 nitrogen and oxygen atoms in total. The van der Waals surface area contributed by atoms with Crippen molar-refractivity contribution in [1.82, 2.24) is 0 Å². The van der Waals surface area contributed by atoms with Gasteiger partial charge in [-0.3, -0.25) is 0 Å². The summed E-state index contributed by atoms with van der Waals surface area (Å²) in [5.41, 5.74) is 0. The van der Waals surface area contributed by atoms with Crippen LogP contribution in [0.15, 0.2) is 36.4 Å². The molecule has 0 heterocycles. The molecular formula is C10H6Mn-6. The van der Waals surface area contributed by atoms with E-state index in [1.54, 1.807) is 6.07 Å². The van der Waals surface area contributed by atoms with Gasteiger partial charge < -0.3 is 30.3 Å². The molecule has 1 heteroatoms. The molecule has 0 saturated carbocycles. The van der Waals surface area contributed by atoms with E-state index in [0.717, 1.165) is 0 Å². The molecule has 0 atom stereocenters. The molecule has 0 aromatic heterocycles. The van der Waals surface area contributed by atoms with Gasteiger partial charge in [-0.1, -0.05) is 0 Å². The molecule has 2 rings (SSSR count). The molecule has 2 aromatic carbocycles. The van der Waals surface area contributed by atoms with Gasteiger partial charge in [-0.05, 0) is 0 Å². The largest absolute Gasteiger partial charge is 0.999 e. The standard InChI is InChI=1S/C5H5.C5H.Mn/c2*1-2-4-5-3-1;/h1-5H;1H;/q-1;-5;. The van der Waals surface area contributed by atoms with Crippen LogP contribution in [0.5, 0.6) is 0 Å². The fourth-order valence-corrected chi connectivity index (χ4v) is 0.501. The van der Waals surface area contributed by atoms with Crippen molar-refractivity contribution < 1.29 is 17.1 Å². The smallest absolute Gasteiger partial charge is 0 e. The zero-order valence-electron chi connectivity index (χ0n) is 5.84. The second-order valence-corrected chi connectivity index (χ2v) is 1.65. The van der Waals surface area contributed by atoms with Crippen LogP contribution < -0.4 is 0 Å². The van der Waals surface area contributed by atoms with Crippen molar-refractivity contribution in [3.63, 3.8) is 0 Å². The number of hydrogen-bond donors (Lipinski definition) is 0. The molecule has 0 aliphatic carbocycles. The van der Waals surface area contributed by atoms with Crippen molar-refractivity contribution in [2.24, 2.45) is 0 Å². The zero-order valence-corrected chi connectivity index (χ0v) is 7.02. The van der Waals surface area contributed by atoms with Gasteiger partial charge in [-0.15, -0.1) is 0 Å². The fraction of sp³-hybridized carbons (Fsp3) is 0. The van der Waals surface area contributed by atoms with Gasteiger partial charge in [0.1, 0.15) is 0 Å². The van der Waals surface area contributed by atoms with E-state index >= 15 is 0 Å². The van der Waals surface area contributed by atoms with Gasteiger partial charge in [-0.2, -0.15) is 18.2 Å². The van der Waals surface area contributed by atoms with Crippen molar-refractivity contribution in [3.05, 3.63) is 60.7 Å². The van der Waals surface area contributed by atoms with E-state index in [4.69, 9.17) is 0 Å². The van der Waals surface area contributed by atoms with E-state index in [1.807, 2.05) is 30.3 Å². The summed E-state index contributed by atoms with van der Waals surface area (Å²) < 4.78 is 0. The summed E-state index contributed by atoms with van der Waals surface area (Å²) in [6.45, 7) is 0. The monoisotopic (exact) mass is 181 g/mol. The fourth-order valence-electron chi connectivity index (χ4n) is 0.501. The Bertz CT molecular complexity index is 144. The van der Waals surface area contributed by atoms with Crippen LogP contribution >= 0.6 is 0 Å². The van der Waals surface area contributed by atoms with Crippen molar-refractivity contribution in [1.29, 1.82) is 0 Å². The summed E-state index contributed by atoms with van der Waals surface area (Å²) in [6.07, 6.45) is 0. The normalized spacial score (nSPS) is 7.27. The SMILES string of the molecule is [Mn].[c-]1[c-][c-][cH-][c-]1.c1cc[cH-]c1. The van der Waals surface area contributed by atoms with Gasteiger partial charge in [0, 0.05) is 17.1 Å². The molecule has 0 amide bonds. The Labute approximate surface area is 78.1 Å². The van der Waals surface area contributed by atoms with Crippen LogP contribution in [0.3, 0.4) is 0 Å². The molecule has 0 bridgehead atoms.